The van der Waals surface area contributed by atoms with Gasteiger partial charge in [0.2, 0.25) is 0 Å². The first kappa shape index (κ1) is 15.7. The number of carbonyl (C=O) groups is 1. The van der Waals surface area contributed by atoms with Gasteiger partial charge >= 0.3 is 6.03 Å². The van der Waals surface area contributed by atoms with Crippen LogP contribution in [-0.2, 0) is 0 Å². The molecule has 2 aliphatic heterocycles. The van der Waals surface area contributed by atoms with Gasteiger partial charge in [0.15, 0.2) is 0 Å². The number of amides is 2. The van der Waals surface area contributed by atoms with E-state index < -0.39 is 0 Å². The Bertz CT molecular complexity index is 470. The molecule has 1 aromatic carbocycles. The Morgan fingerprint density at radius 1 is 1.09 bits per heavy atom. The molecule has 0 radical (unpaired) electrons. The maximum Gasteiger partial charge on any atom is 0.317 e. The predicted octanol–water partition coefficient (Wildman–Crippen LogP) is 2.58. The summed E-state index contributed by atoms with van der Waals surface area (Å²) in [7, 11) is 0. The molecule has 2 amide bonds. The van der Waals surface area contributed by atoms with Gasteiger partial charge in [0.25, 0.3) is 0 Å². The van der Waals surface area contributed by atoms with Crippen molar-refractivity contribution in [3.05, 3.63) is 35.9 Å². The summed E-state index contributed by atoms with van der Waals surface area (Å²) >= 11 is 1.93. The Morgan fingerprint density at radius 3 is 2.45 bits per heavy atom. The molecule has 1 aromatic rings. The first-order valence-corrected chi connectivity index (χ1v) is 9.39. The fraction of sp³-hybridized carbons (Fsp3) is 0.588. The van der Waals surface area contributed by atoms with Crippen molar-refractivity contribution < 1.29 is 4.79 Å². The maximum absolute atomic E-state index is 12.5. The van der Waals surface area contributed by atoms with Crippen LogP contribution >= 0.6 is 11.8 Å². The molecule has 1 atom stereocenters. The summed E-state index contributed by atoms with van der Waals surface area (Å²) in [5.74, 6) is 2.10. The number of carbonyl (C=O) groups excluding carboxylic acids is 1. The zero-order valence-corrected chi connectivity index (χ0v) is 13.9. The van der Waals surface area contributed by atoms with Crippen LogP contribution in [0.2, 0.25) is 0 Å². The summed E-state index contributed by atoms with van der Waals surface area (Å²) in [5.41, 5.74) is 1.20. The van der Waals surface area contributed by atoms with Crippen molar-refractivity contribution in [1.82, 2.24) is 15.1 Å². The molecule has 3 rings (SSSR count). The lowest BCUT2D eigenvalue weighted by Crippen LogP contribution is -2.47. The monoisotopic (exact) mass is 319 g/mol. The minimum atomic E-state index is 0.0846. The van der Waals surface area contributed by atoms with Crippen LogP contribution in [0.25, 0.3) is 0 Å². The molecule has 2 heterocycles. The first-order valence-electron chi connectivity index (χ1n) is 8.23. The quantitative estimate of drug-likeness (QED) is 0.926. The highest BCUT2D eigenvalue weighted by Gasteiger charge is 2.23. The van der Waals surface area contributed by atoms with Gasteiger partial charge < -0.3 is 15.1 Å². The fourth-order valence-corrected chi connectivity index (χ4v) is 4.05. The van der Waals surface area contributed by atoms with Crippen LogP contribution in [0.4, 0.5) is 4.79 Å². The summed E-state index contributed by atoms with van der Waals surface area (Å²) in [6.07, 6.45) is 2.55. The molecule has 0 aromatic heterocycles. The lowest BCUT2D eigenvalue weighted by molar-refractivity contribution is 0.193. The number of hydrogen-bond donors (Lipinski definition) is 1. The van der Waals surface area contributed by atoms with E-state index in [-0.39, 0.29) is 12.1 Å². The molecule has 0 spiro atoms. The van der Waals surface area contributed by atoms with Crippen LogP contribution in [0, 0.1) is 0 Å². The standard InChI is InChI=1S/C17H25N3OS/c21-17(20-10-12-22-13-11-20)18-16(14-19-8-4-5-9-19)15-6-2-1-3-7-15/h1-3,6-7,16H,4-5,8-14H2,(H,18,21)/t16-/m0/s1. The summed E-state index contributed by atoms with van der Waals surface area (Å²) in [6, 6.07) is 10.5. The van der Waals surface area contributed by atoms with Crippen LogP contribution in [0.3, 0.4) is 0 Å². The average Bonchev–Trinajstić information content (AvgIpc) is 3.09. The van der Waals surface area contributed by atoms with Crippen molar-refractivity contribution in [3.8, 4) is 0 Å². The van der Waals surface area contributed by atoms with Crippen LogP contribution in [0.15, 0.2) is 30.3 Å². The summed E-state index contributed by atoms with van der Waals surface area (Å²) in [4.78, 5) is 17.0. The van der Waals surface area contributed by atoms with E-state index in [1.807, 2.05) is 22.7 Å². The lowest BCUT2D eigenvalue weighted by atomic mass is 10.1. The Kier molecular flexibility index (Phi) is 5.62. The molecule has 2 fully saturated rings. The highest BCUT2D eigenvalue weighted by molar-refractivity contribution is 7.99. The number of hydrogen-bond acceptors (Lipinski definition) is 3. The molecule has 0 unspecified atom stereocenters. The number of urea groups is 1. The van der Waals surface area contributed by atoms with E-state index in [1.54, 1.807) is 0 Å². The summed E-state index contributed by atoms with van der Waals surface area (Å²) in [6.45, 7) is 4.95. The lowest BCUT2D eigenvalue weighted by Gasteiger charge is -2.31. The Hall–Kier alpha value is -1.20. The van der Waals surface area contributed by atoms with E-state index in [0.29, 0.717) is 0 Å². The van der Waals surface area contributed by atoms with Gasteiger partial charge in [0.05, 0.1) is 6.04 Å². The van der Waals surface area contributed by atoms with Crippen molar-refractivity contribution in [1.29, 1.82) is 0 Å². The highest BCUT2D eigenvalue weighted by Crippen LogP contribution is 2.18. The van der Waals surface area contributed by atoms with Gasteiger partial charge in [-0.2, -0.15) is 11.8 Å². The number of rotatable bonds is 4. The second-order valence-electron chi connectivity index (χ2n) is 6.02. The maximum atomic E-state index is 12.5. The number of benzene rings is 1. The Morgan fingerprint density at radius 2 is 1.77 bits per heavy atom. The van der Waals surface area contributed by atoms with Gasteiger partial charge in [-0.1, -0.05) is 30.3 Å². The molecule has 2 saturated heterocycles. The van der Waals surface area contributed by atoms with Crippen LogP contribution in [0.1, 0.15) is 24.4 Å². The van der Waals surface area contributed by atoms with Crippen molar-refractivity contribution in [2.75, 3.05) is 44.2 Å². The van der Waals surface area contributed by atoms with Crippen LogP contribution in [-0.4, -0.2) is 60.1 Å². The predicted molar refractivity (Wildman–Crippen MR) is 92.3 cm³/mol. The molecule has 4 nitrogen and oxygen atoms in total. The number of nitrogens with zero attached hydrogens (tertiary/aromatic N) is 2. The minimum absolute atomic E-state index is 0.0846. The Labute approximate surface area is 137 Å². The molecular weight excluding hydrogens is 294 g/mol. The largest absolute Gasteiger partial charge is 0.330 e. The van der Waals surface area contributed by atoms with Crippen molar-refractivity contribution in [2.24, 2.45) is 0 Å². The van der Waals surface area contributed by atoms with Crippen molar-refractivity contribution in [2.45, 2.75) is 18.9 Å². The molecule has 1 N–H and O–H groups in total. The molecule has 0 aliphatic carbocycles. The molecule has 0 bridgehead atoms. The van der Waals surface area contributed by atoms with Gasteiger partial charge in [0.1, 0.15) is 0 Å². The Balaban J connectivity index is 1.65. The van der Waals surface area contributed by atoms with Gasteiger partial charge in [0, 0.05) is 31.1 Å². The van der Waals surface area contributed by atoms with E-state index in [1.165, 1.54) is 18.4 Å². The second kappa shape index (κ2) is 7.88. The normalized spacial score (nSPS) is 20.8. The van der Waals surface area contributed by atoms with Gasteiger partial charge in [-0.25, -0.2) is 4.79 Å². The second-order valence-corrected chi connectivity index (χ2v) is 7.24. The third kappa shape index (κ3) is 4.17. The van der Waals surface area contributed by atoms with E-state index in [4.69, 9.17) is 0 Å². The molecule has 2 aliphatic rings. The van der Waals surface area contributed by atoms with Gasteiger partial charge in [-0.15, -0.1) is 0 Å². The van der Waals surface area contributed by atoms with Crippen LogP contribution < -0.4 is 5.32 Å². The zero-order valence-electron chi connectivity index (χ0n) is 13.0. The first-order chi connectivity index (χ1) is 10.8. The topological polar surface area (TPSA) is 35.6 Å². The van der Waals surface area contributed by atoms with E-state index in [2.05, 4.69) is 34.5 Å². The average molecular weight is 319 g/mol. The number of nitrogens with one attached hydrogen (secondary N) is 1. The number of thioether (sulfide) groups is 1. The molecule has 0 saturated carbocycles. The molecular formula is C17H25N3OS. The SMILES string of the molecule is O=C(N[C@@H](CN1CCCC1)c1ccccc1)N1CCSCC1. The smallest absolute Gasteiger partial charge is 0.317 e. The summed E-state index contributed by atoms with van der Waals surface area (Å²) < 4.78 is 0. The van der Waals surface area contributed by atoms with E-state index >= 15 is 0 Å². The van der Waals surface area contributed by atoms with E-state index in [9.17, 15) is 4.79 Å². The zero-order chi connectivity index (χ0) is 15.2. The molecule has 120 valence electrons. The molecule has 22 heavy (non-hydrogen) atoms. The number of likely N-dealkylation sites (tertiary alicyclic amines) is 1. The highest BCUT2D eigenvalue weighted by atomic mass is 32.2. The van der Waals surface area contributed by atoms with Gasteiger partial charge in [-0.3, -0.25) is 0 Å². The fourth-order valence-electron chi connectivity index (χ4n) is 3.15. The molecule has 5 heteroatoms. The summed E-state index contributed by atoms with van der Waals surface area (Å²) in [5, 5.41) is 3.27. The van der Waals surface area contributed by atoms with Crippen molar-refractivity contribution in [3.63, 3.8) is 0 Å². The third-order valence-corrected chi connectivity index (χ3v) is 5.38. The van der Waals surface area contributed by atoms with E-state index in [0.717, 1.165) is 44.2 Å². The van der Waals surface area contributed by atoms with Gasteiger partial charge in [-0.05, 0) is 31.5 Å². The minimum Gasteiger partial charge on any atom is -0.330 e. The van der Waals surface area contributed by atoms with Crippen LogP contribution in [0.5, 0.6) is 0 Å². The van der Waals surface area contributed by atoms with Crippen molar-refractivity contribution >= 4 is 17.8 Å². The third-order valence-electron chi connectivity index (χ3n) is 4.44.